The molecule has 1 atom stereocenters. The molecule has 3 aromatic heterocycles. The Balaban J connectivity index is 1.50. The van der Waals surface area contributed by atoms with Crippen molar-refractivity contribution in [3.05, 3.63) is 54.5 Å². The first-order valence-corrected chi connectivity index (χ1v) is 9.78. The third-order valence-corrected chi connectivity index (χ3v) is 5.72. The number of hydrogen-bond donors (Lipinski definition) is 2. The Morgan fingerprint density at radius 2 is 2.00 bits per heavy atom. The zero-order chi connectivity index (χ0) is 18.1. The molecule has 0 saturated heterocycles. The van der Waals surface area contributed by atoms with Crippen molar-refractivity contribution in [3.63, 3.8) is 0 Å². The third kappa shape index (κ3) is 3.15. The second kappa shape index (κ2) is 6.65. The third-order valence-electron chi connectivity index (χ3n) is 3.72. The van der Waals surface area contributed by atoms with Crippen LogP contribution in [0.1, 0.15) is 11.9 Å². The van der Waals surface area contributed by atoms with Crippen molar-refractivity contribution in [1.82, 2.24) is 13.5 Å². The summed E-state index contributed by atoms with van der Waals surface area (Å²) in [7, 11) is -3.86. The average Bonchev–Trinajstić information content (AvgIpc) is 3.39. The highest BCUT2D eigenvalue weighted by Gasteiger charge is 2.22. The minimum Gasteiger partial charge on any atom is -0.461 e. The maximum atomic E-state index is 12.5. The van der Waals surface area contributed by atoms with Crippen molar-refractivity contribution in [2.75, 3.05) is 6.54 Å². The lowest BCUT2D eigenvalue weighted by Crippen LogP contribution is -2.28. The van der Waals surface area contributed by atoms with E-state index in [1.54, 1.807) is 36.4 Å². The van der Waals surface area contributed by atoms with Crippen molar-refractivity contribution in [1.29, 1.82) is 0 Å². The number of hydrogen-bond acceptors (Lipinski definition) is 8. The topological polar surface area (TPSA) is 118 Å². The molecule has 10 heteroatoms. The first-order chi connectivity index (χ1) is 12.5. The second-order valence-electron chi connectivity index (χ2n) is 5.44. The summed E-state index contributed by atoms with van der Waals surface area (Å²) >= 11 is 0.940. The number of furan rings is 2. The molecule has 1 aromatic carbocycles. The molecule has 4 rings (SSSR count). The van der Waals surface area contributed by atoms with E-state index in [9.17, 15) is 13.5 Å². The van der Waals surface area contributed by atoms with E-state index in [2.05, 4.69) is 13.5 Å². The van der Waals surface area contributed by atoms with Crippen LogP contribution in [0.15, 0.2) is 62.5 Å². The van der Waals surface area contributed by atoms with Gasteiger partial charge in [-0.25, -0.2) is 13.1 Å². The van der Waals surface area contributed by atoms with Gasteiger partial charge in [0.2, 0.25) is 10.0 Å². The van der Waals surface area contributed by atoms with Crippen molar-refractivity contribution in [3.8, 4) is 11.5 Å². The number of aliphatic hydroxyl groups excluding tert-OH is 1. The van der Waals surface area contributed by atoms with E-state index in [0.717, 1.165) is 11.7 Å². The van der Waals surface area contributed by atoms with Crippen LogP contribution in [0.2, 0.25) is 0 Å². The summed E-state index contributed by atoms with van der Waals surface area (Å²) in [4.78, 5) is 0.0201. The lowest BCUT2D eigenvalue weighted by Gasteiger charge is -2.10. The lowest BCUT2D eigenvalue weighted by atomic mass is 10.3. The summed E-state index contributed by atoms with van der Waals surface area (Å²) in [5.74, 6) is 1.20. The number of nitrogens with one attached hydrogen (secondary N) is 1. The molecular formula is C16H13N3O5S2. The predicted molar refractivity (Wildman–Crippen MR) is 94.0 cm³/mol. The smallest absolute Gasteiger partial charge is 0.242 e. The van der Waals surface area contributed by atoms with Crippen molar-refractivity contribution < 1.29 is 22.4 Å². The Kier molecular flexibility index (Phi) is 4.32. The molecule has 134 valence electrons. The fourth-order valence-electron chi connectivity index (χ4n) is 2.45. The highest BCUT2D eigenvalue weighted by Crippen LogP contribution is 2.26. The van der Waals surface area contributed by atoms with E-state index in [1.807, 2.05) is 0 Å². The average molecular weight is 391 g/mol. The molecule has 0 aliphatic heterocycles. The van der Waals surface area contributed by atoms with Gasteiger partial charge in [0.05, 0.1) is 18.0 Å². The van der Waals surface area contributed by atoms with Crippen LogP contribution >= 0.6 is 11.7 Å². The van der Waals surface area contributed by atoms with Gasteiger partial charge in [-0.3, -0.25) is 0 Å². The number of aromatic nitrogens is 2. The number of aliphatic hydroxyl groups is 1. The second-order valence-corrected chi connectivity index (χ2v) is 7.70. The molecule has 0 saturated carbocycles. The minimum absolute atomic E-state index is 0.0201. The Bertz CT molecular complexity index is 1130. The van der Waals surface area contributed by atoms with Gasteiger partial charge in [0.15, 0.2) is 11.5 Å². The molecule has 0 fully saturated rings. The predicted octanol–water partition coefficient (Wildman–Crippen LogP) is 2.56. The summed E-state index contributed by atoms with van der Waals surface area (Å²) in [6.45, 7) is -0.249. The molecule has 26 heavy (non-hydrogen) atoms. The van der Waals surface area contributed by atoms with E-state index < -0.39 is 16.1 Å². The Morgan fingerprint density at radius 1 is 1.12 bits per heavy atom. The number of rotatable bonds is 6. The summed E-state index contributed by atoms with van der Waals surface area (Å²) in [6, 6.07) is 11.4. The van der Waals surface area contributed by atoms with Crippen molar-refractivity contribution in [2.24, 2.45) is 0 Å². The molecule has 4 aromatic rings. The maximum absolute atomic E-state index is 12.5. The van der Waals surface area contributed by atoms with Gasteiger partial charge in [-0.15, -0.1) is 0 Å². The van der Waals surface area contributed by atoms with Gasteiger partial charge < -0.3 is 13.9 Å². The largest absolute Gasteiger partial charge is 0.461 e. The molecule has 8 nitrogen and oxygen atoms in total. The lowest BCUT2D eigenvalue weighted by molar-refractivity contribution is 0.154. The van der Waals surface area contributed by atoms with Gasteiger partial charge >= 0.3 is 0 Å². The number of benzene rings is 1. The standard InChI is InChI=1S/C16H13N3O5S2/c20-11(12-6-7-14(24-12)13-4-2-8-23-13)9-17-26(21,22)15-5-1-3-10-16(15)19-25-18-10/h1-8,11,17,20H,9H2. The van der Waals surface area contributed by atoms with Crippen LogP contribution < -0.4 is 4.72 Å². The molecule has 0 radical (unpaired) electrons. The molecular weight excluding hydrogens is 378 g/mol. The summed E-state index contributed by atoms with van der Waals surface area (Å²) < 4.78 is 46.2. The highest BCUT2D eigenvalue weighted by atomic mass is 32.2. The zero-order valence-corrected chi connectivity index (χ0v) is 14.8. The van der Waals surface area contributed by atoms with E-state index in [0.29, 0.717) is 22.6 Å². The van der Waals surface area contributed by atoms with E-state index in [1.165, 1.54) is 12.3 Å². The maximum Gasteiger partial charge on any atom is 0.242 e. The normalized spacial score (nSPS) is 13.3. The summed E-state index contributed by atoms with van der Waals surface area (Å²) in [5.41, 5.74) is 0.810. The molecule has 1 unspecified atom stereocenters. The van der Waals surface area contributed by atoms with Gasteiger partial charge in [-0.2, -0.15) is 8.75 Å². The summed E-state index contributed by atoms with van der Waals surface area (Å²) in [5, 5.41) is 10.2. The van der Waals surface area contributed by atoms with Gasteiger partial charge in [0.1, 0.15) is 27.8 Å². The van der Waals surface area contributed by atoms with Crippen LogP contribution in [0.4, 0.5) is 0 Å². The van der Waals surface area contributed by atoms with Crippen LogP contribution in [0.3, 0.4) is 0 Å². The van der Waals surface area contributed by atoms with E-state index >= 15 is 0 Å². The first-order valence-electron chi connectivity index (χ1n) is 7.57. The molecule has 2 N–H and O–H groups in total. The monoisotopic (exact) mass is 391 g/mol. The SMILES string of the molecule is O=S(=O)(NCC(O)c1ccc(-c2ccco2)o1)c1cccc2nsnc12. The molecule has 0 spiro atoms. The number of sulfonamides is 1. The van der Waals surface area contributed by atoms with Crippen LogP contribution in [-0.4, -0.2) is 28.8 Å². The van der Waals surface area contributed by atoms with Crippen LogP contribution in [-0.2, 0) is 10.0 Å². The van der Waals surface area contributed by atoms with Crippen molar-refractivity contribution >= 4 is 32.8 Å². The van der Waals surface area contributed by atoms with Gasteiger partial charge in [0, 0.05) is 6.54 Å². The molecule has 0 bridgehead atoms. The quantitative estimate of drug-likeness (QED) is 0.518. The van der Waals surface area contributed by atoms with E-state index in [4.69, 9.17) is 8.83 Å². The van der Waals surface area contributed by atoms with Gasteiger partial charge in [-0.05, 0) is 36.4 Å². The first kappa shape index (κ1) is 16.9. The summed E-state index contributed by atoms with van der Waals surface area (Å²) in [6.07, 6.45) is 0.358. The molecule has 0 amide bonds. The Morgan fingerprint density at radius 3 is 2.81 bits per heavy atom. The Labute approximate surface area is 152 Å². The highest BCUT2D eigenvalue weighted by molar-refractivity contribution is 7.89. The fraction of sp³-hybridized carbons (Fsp3) is 0.125. The molecule has 0 aliphatic carbocycles. The van der Waals surface area contributed by atoms with Gasteiger partial charge in [-0.1, -0.05) is 6.07 Å². The van der Waals surface area contributed by atoms with Crippen LogP contribution in [0.5, 0.6) is 0 Å². The van der Waals surface area contributed by atoms with Gasteiger partial charge in [0.25, 0.3) is 0 Å². The Hall–Kier alpha value is -2.53. The minimum atomic E-state index is -3.86. The number of fused-ring (bicyclic) bond motifs is 1. The zero-order valence-electron chi connectivity index (χ0n) is 13.2. The molecule has 0 aliphatic rings. The van der Waals surface area contributed by atoms with Crippen molar-refractivity contribution in [2.45, 2.75) is 11.0 Å². The molecule has 3 heterocycles. The van der Waals surface area contributed by atoms with Crippen LogP contribution in [0.25, 0.3) is 22.6 Å². The number of nitrogens with zero attached hydrogens (tertiary/aromatic N) is 2. The van der Waals surface area contributed by atoms with Crippen LogP contribution in [0, 0.1) is 0 Å². The van der Waals surface area contributed by atoms with E-state index in [-0.39, 0.29) is 17.2 Å². The fourth-order valence-corrected chi connectivity index (χ4v) is 4.25.